The number of aromatic amines is 1. The van der Waals surface area contributed by atoms with E-state index in [-0.39, 0.29) is 5.82 Å². The van der Waals surface area contributed by atoms with Gasteiger partial charge < -0.3 is 11.1 Å². The highest BCUT2D eigenvalue weighted by Crippen LogP contribution is 2.23. The van der Waals surface area contributed by atoms with Gasteiger partial charge in [-0.15, -0.1) is 0 Å². The highest BCUT2D eigenvalue weighted by Gasteiger charge is 2.16. The minimum absolute atomic E-state index is 0.224. The SMILES string of the molecule is CCn1c(N)c(NCC2CCSCC2)c(=O)[nH]c1=O. The van der Waals surface area contributed by atoms with Crippen molar-refractivity contribution in [3.05, 3.63) is 20.8 Å². The molecule has 0 amide bonds. The number of hydrogen-bond acceptors (Lipinski definition) is 5. The second-order valence-corrected chi connectivity index (χ2v) is 5.93. The number of hydrogen-bond donors (Lipinski definition) is 3. The number of aromatic nitrogens is 2. The van der Waals surface area contributed by atoms with Crippen LogP contribution in [0.1, 0.15) is 19.8 Å². The number of nitrogens with zero attached hydrogens (tertiary/aromatic N) is 1. The molecule has 0 atom stereocenters. The van der Waals surface area contributed by atoms with Crippen LogP contribution >= 0.6 is 11.8 Å². The Kier molecular flexibility index (Phi) is 4.57. The molecule has 0 bridgehead atoms. The van der Waals surface area contributed by atoms with Gasteiger partial charge in [-0.3, -0.25) is 14.3 Å². The summed E-state index contributed by atoms with van der Waals surface area (Å²) in [5.41, 5.74) is 5.32. The Hall–Kier alpha value is -1.37. The van der Waals surface area contributed by atoms with Crippen molar-refractivity contribution >= 4 is 23.3 Å². The first-order valence-corrected chi connectivity index (χ1v) is 7.73. The summed E-state index contributed by atoms with van der Waals surface area (Å²) in [5.74, 6) is 3.14. The largest absolute Gasteiger partial charge is 0.383 e. The van der Waals surface area contributed by atoms with Crippen molar-refractivity contribution in [2.24, 2.45) is 5.92 Å². The standard InChI is InChI=1S/C12H20N4O2S/c1-2-16-10(13)9(11(17)15-12(16)18)14-7-8-3-5-19-6-4-8/h8,14H,2-7,13H2,1H3,(H,15,17,18). The first-order valence-electron chi connectivity index (χ1n) is 6.57. The van der Waals surface area contributed by atoms with E-state index in [0.717, 1.165) is 19.4 Å². The number of H-pyrrole nitrogens is 1. The van der Waals surface area contributed by atoms with Crippen molar-refractivity contribution in [1.82, 2.24) is 9.55 Å². The number of thioether (sulfide) groups is 1. The summed E-state index contributed by atoms with van der Waals surface area (Å²) in [6.45, 7) is 2.99. The highest BCUT2D eigenvalue weighted by molar-refractivity contribution is 7.99. The van der Waals surface area contributed by atoms with E-state index < -0.39 is 11.2 Å². The van der Waals surface area contributed by atoms with Crippen molar-refractivity contribution < 1.29 is 0 Å². The van der Waals surface area contributed by atoms with E-state index in [1.807, 2.05) is 18.7 Å². The molecule has 7 heteroatoms. The zero-order valence-corrected chi connectivity index (χ0v) is 11.9. The summed E-state index contributed by atoms with van der Waals surface area (Å²) < 4.78 is 1.36. The fraction of sp³-hybridized carbons (Fsp3) is 0.667. The lowest BCUT2D eigenvalue weighted by atomic mass is 10.0. The van der Waals surface area contributed by atoms with Gasteiger partial charge in [-0.05, 0) is 37.2 Å². The lowest BCUT2D eigenvalue weighted by Gasteiger charge is -2.22. The predicted octanol–water partition coefficient (Wildman–Crippen LogP) is 0.694. The van der Waals surface area contributed by atoms with Crippen molar-refractivity contribution in [2.45, 2.75) is 26.3 Å². The Morgan fingerprint density at radius 3 is 2.74 bits per heavy atom. The van der Waals surface area contributed by atoms with Gasteiger partial charge in [-0.1, -0.05) is 0 Å². The van der Waals surface area contributed by atoms with Gasteiger partial charge in [0.2, 0.25) is 0 Å². The minimum atomic E-state index is -0.454. The Morgan fingerprint density at radius 2 is 2.11 bits per heavy atom. The zero-order valence-electron chi connectivity index (χ0n) is 11.1. The molecule has 1 fully saturated rings. The van der Waals surface area contributed by atoms with Gasteiger partial charge >= 0.3 is 5.69 Å². The third-order valence-corrected chi connectivity index (χ3v) is 4.51. The molecule has 0 radical (unpaired) electrons. The third-order valence-electron chi connectivity index (χ3n) is 3.46. The average Bonchev–Trinajstić information content (AvgIpc) is 2.39. The van der Waals surface area contributed by atoms with Crippen molar-refractivity contribution in [1.29, 1.82) is 0 Å². The maximum atomic E-state index is 11.8. The molecule has 1 aliphatic heterocycles. The lowest BCUT2D eigenvalue weighted by molar-refractivity contribution is 0.515. The van der Waals surface area contributed by atoms with E-state index in [4.69, 9.17) is 5.73 Å². The molecule has 0 spiro atoms. The third kappa shape index (κ3) is 3.15. The van der Waals surface area contributed by atoms with Crippen LogP contribution < -0.4 is 22.3 Å². The van der Waals surface area contributed by atoms with Gasteiger partial charge in [-0.2, -0.15) is 11.8 Å². The topological polar surface area (TPSA) is 92.9 Å². The average molecular weight is 284 g/mol. The van der Waals surface area contributed by atoms with Crippen LogP contribution in [0.4, 0.5) is 11.5 Å². The van der Waals surface area contributed by atoms with Crippen LogP contribution in [-0.4, -0.2) is 27.6 Å². The predicted molar refractivity (Wildman–Crippen MR) is 79.9 cm³/mol. The second kappa shape index (κ2) is 6.18. The van der Waals surface area contributed by atoms with Gasteiger partial charge in [0.15, 0.2) is 0 Å². The van der Waals surface area contributed by atoms with Crippen LogP contribution in [-0.2, 0) is 6.54 Å². The fourth-order valence-electron chi connectivity index (χ4n) is 2.27. The summed E-state index contributed by atoms with van der Waals surface area (Å²) in [4.78, 5) is 25.6. The number of nitrogen functional groups attached to an aromatic ring is 1. The maximum absolute atomic E-state index is 11.8. The Bertz CT molecular complexity index is 546. The first kappa shape index (κ1) is 14.0. The number of rotatable bonds is 4. The summed E-state index contributed by atoms with van der Waals surface area (Å²) in [7, 11) is 0. The van der Waals surface area contributed by atoms with Crippen LogP contribution in [0.3, 0.4) is 0 Å². The smallest absolute Gasteiger partial charge is 0.330 e. The molecule has 106 valence electrons. The molecule has 2 heterocycles. The van der Waals surface area contributed by atoms with Gasteiger partial charge in [0.1, 0.15) is 11.5 Å². The summed E-state index contributed by atoms with van der Waals surface area (Å²) >= 11 is 1.97. The van der Waals surface area contributed by atoms with E-state index in [1.165, 1.54) is 16.1 Å². The van der Waals surface area contributed by atoms with Gasteiger partial charge in [0.05, 0.1) is 0 Å². The van der Waals surface area contributed by atoms with Gasteiger partial charge in [0, 0.05) is 13.1 Å². The Morgan fingerprint density at radius 1 is 1.42 bits per heavy atom. The molecule has 19 heavy (non-hydrogen) atoms. The zero-order chi connectivity index (χ0) is 13.8. The Labute approximate surface area is 115 Å². The Balaban J connectivity index is 2.15. The lowest BCUT2D eigenvalue weighted by Crippen LogP contribution is -2.34. The normalized spacial score (nSPS) is 16.5. The molecule has 0 unspecified atom stereocenters. The molecule has 0 aromatic carbocycles. The van der Waals surface area contributed by atoms with Crippen LogP contribution in [0.15, 0.2) is 9.59 Å². The van der Waals surface area contributed by atoms with Gasteiger partial charge in [-0.25, -0.2) is 4.79 Å². The molecule has 0 saturated carbocycles. The maximum Gasteiger partial charge on any atom is 0.330 e. The number of nitrogens with one attached hydrogen (secondary N) is 2. The van der Waals surface area contributed by atoms with E-state index in [1.54, 1.807) is 0 Å². The number of nitrogens with two attached hydrogens (primary N) is 1. The summed E-state index contributed by atoms with van der Waals surface area (Å²) in [5, 5.41) is 3.12. The minimum Gasteiger partial charge on any atom is -0.383 e. The molecule has 6 nitrogen and oxygen atoms in total. The van der Waals surface area contributed by atoms with Crippen LogP contribution in [0, 0.1) is 5.92 Å². The second-order valence-electron chi connectivity index (χ2n) is 4.70. The first-order chi connectivity index (χ1) is 9.13. The van der Waals surface area contributed by atoms with E-state index in [2.05, 4.69) is 10.3 Å². The van der Waals surface area contributed by atoms with E-state index in [0.29, 0.717) is 18.2 Å². The fourth-order valence-corrected chi connectivity index (χ4v) is 3.47. The molecular formula is C12H20N4O2S. The van der Waals surface area contributed by atoms with Crippen molar-refractivity contribution in [2.75, 3.05) is 29.1 Å². The quantitative estimate of drug-likeness (QED) is 0.756. The molecule has 1 saturated heterocycles. The monoisotopic (exact) mass is 284 g/mol. The van der Waals surface area contributed by atoms with Crippen molar-refractivity contribution in [3.8, 4) is 0 Å². The van der Waals surface area contributed by atoms with Crippen LogP contribution in [0.5, 0.6) is 0 Å². The van der Waals surface area contributed by atoms with Crippen LogP contribution in [0.2, 0.25) is 0 Å². The van der Waals surface area contributed by atoms with Crippen LogP contribution in [0.25, 0.3) is 0 Å². The molecular weight excluding hydrogens is 264 g/mol. The summed E-state index contributed by atoms with van der Waals surface area (Å²) in [6.07, 6.45) is 2.31. The molecule has 2 rings (SSSR count). The van der Waals surface area contributed by atoms with Gasteiger partial charge in [0.25, 0.3) is 5.56 Å². The molecule has 4 N–H and O–H groups in total. The summed E-state index contributed by atoms with van der Waals surface area (Å²) in [6, 6.07) is 0. The molecule has 1 aromatic heterocycles. The molecule has 1 aliphatic rings. The molecule has 0 aliphatic carbocycles. The number of anilines is 2. The van der Waals surface area contributed by atoms with Crippen molar-refractivity contribution in [3.63, 3.8) is 0 Å². The van der Waals surface area contributed by atoms with E-state index >= 15 is 0 Å². The van der Waals surface area contributed by atoms with E-state index in [9.17, 15) is 9.59 Å². The molecule has 1 aromatic rings. The highest BCUT2D eigenvalue weighted by atomic mass is 32.2.